The standard InChI is InChI=1S/C14H15ClF3N5.ClH/c15-11-5-4-9(8-10(11)14(16,17)18)21-12(19)22-13(20)23-6-2-1-3-7-23;/h1-2,4-5,8H,3,6-7H2,(H4,19,20,21,22);1H. The van der Waals surface area contributed by atoms with E-state index in [1.807, 2.05) is 12.2 Å². The van der Waals surface area contributed by atoms with Gasteiger partial charge < -0.3 is 16.4 Å². The molecule has 1 aromatic rings. The molecule has 5 nitrogen and oxygen atoms in total. The van der Waals surface area contributed by atoms with Gasteiger partial charge in [0.2, 0.25) is 5.96 Å². The molecule has 10 heteroatoms. The predicted molar refractivity (Wildman–Crippen MR) is 91.9 cm³/mol. The predicted octanol–water partition coefficient (Wildman–Crippen LogP) is 3.30. The van der Waals surface area contributed by atoms with Crippen LogP contribution in [0.15, 0.2) is 40.3 Å². The Bertz CT molecular complexity index is 671. The van der Waals surface area contributed by atoms with Gasteiger partial charge in [-0.3, -0.25) is 0 Å². The van der Waals surface area contributed by atoms with Crippen molar-refractivity contribution in [2.24, 2.45) is 21.5 Å². The molecular weight excluding hydrogens is 366 g/mol. The fourth-order valence-corrected chi connectivity index (χ4v) is 2.22. The Morgan fingerprint density at radius 1 is 1.21 bits per heavy atom. The highest BCUT2D eigenvalue weighted by Gasteiger charge is 2.33. The molecule has 4 N–H and O–H groups in total. The second kappa shape index (κ2) is 8.25. The van der Waals surface area contributed by atoms with E-state index in [4.69, 9.17) is 23.1 Å². The van der Waals surface area contributed by atoms with Crippen LogP contribution in [0.1, 0.15) is 12.0 Å². The molecular formula is C14H16Cl2F3N5. The SMILES string of the molecule is Cl.NC(=Nc1ccc(Cl)c(C(F)(F)F)c1)N=C(N)N1CC=CCC1. The number of halogens is 5. The number of hydrogen-bond donors (Lipinski definition) is 2. The van der Waals surface area contributed by atoms with Crippen LogP contribution in [0.2, 0.25) is 5.02 Å². The molecule has 0 aromatic heterocycles. The van der Waals surface area contributed by atoms with Crippen LogP contribution in [0.4, 0.5) is 18.9 Å². The van der Waals surface area contributed by atoms with E-state index in [0.29, 0.717) is 13.1 Å². The number of alkyl halides is 3. The van der Waals surface area contributed by atoms with Crippen LogP contribution in [0.5, 0.6) is 0 Å². The molecule has 1 aromatic carbocycles. The van der Waals surface area contributed by atoms with E-state index >= 15 is 0 Å². The lowest BCUT2D eigenvalue weighted by Gasteiger charge is -2.23. The second-order valence-corrected chi connectivity index (χ2v) is 5.22. The maximum Gasteiger partial charge on any atom is 0.417 e. The van der Waals surface area contributed by atoms with Crippen LogP contribution in [-0.4, -0.2) is 29.9 Å². The molecule has 132 valence electrons. The summed E-state index contributed by atoms with van der Waals surface area (Å²) in [6.45, 7) is 1.29. The molecule has 1 aliphatic heterocycles. The first-order valence-corrected chi connectivity index (χ1v) is 7.10. The van der Waals surface area contributed by atoms with Crippen LogP contribution in [0.3, 0.4) is 0 Å². The number of benzene rings is 1. The second-order valence-electron chi connectivity index (χ2n) is 4.81. The van der Waals surface area contributed by atoms with Crippen molar-refractivity contribution in [3.63, 3.8) is 0 Å². The Hall–Kier alpha value is -1.93. The van der Waals surface area contributed by atoms with Crippen LogP contribution in [0.25, 0.3) is 0 Å². The molecule has 1 heterocycles. The fourth-order valence-electron chi connectivity index (χ4n) is 1.99. The third kappa shape index (κ3) is 5.31. The van der Waals surface area contributed by atoms with E-state index in [1.165, 1.54) is 6.07 Å². The van der Waals surface area contributed by atoms with Gasteiger partial charge in [-0.25, -0.2) is 4.99 Å². The molecule has 0 radical (unpaired) electrons. The van der Waals surface area contributed by atoms with Crippen LogP contribution in [-0.2, 0) is 6.18 Å². The van der Waals surface area contributed by atoms with Gasteiger partial charge in [0.15, 0.2) is 5.96 Å². The van der Waals surface area contributed by atoms with E-state index in [9.17, 15) is 13.2 Å². The van der Waals surface area contributed by atoms with Gasteiger partial charge >= 0.3 is 6.18 Å². The number of aliphatic imine (C=N–C) groups is 2. The van der Waals surface area contributed by atoms with Crippen molar-refractivity contribution in [1.82, 2.24) is 4.90 Å². The maximum atomic E-state index is 12.8. The monoisotopic (exact) mass is 381 g/mol. The summed E-state index contributed by atoms with van der Waals surface area (Å²) in [7, 11) is 0. The smallest absolute Gasteiger partial charge is 0.369 e. The summed E-state index contributed by atoms with van der Waals surface area (Å²) in [5.74, 6) is -0.0619. The average Bonchev–Trinajstić information content (AvgIpc) is 2.49. The number of hydrogen-bond acceptors (Lipinski definition) is 1. The van der Waals surface area contributed by atoms with Crippen LogP contribution >= 0.6 is 24.0 Å². The minimum atomic E-state index is -4.57. The topological polar surface area (TPSA) is 80.0 Å². The van der Waals surface area contributed by atoms with E-state index in [0.717, 1.165) is 18.6 Å². The normalized spacial score (nSPS) is 16.1. The molecule has 2 rings (SSSR count). The molecule has 0 saturated carbocycles. The lowest BCUT2D eigenvalue weighted by atomic mass is 10.2. The highest BCUT2D eigenvalue weighted by Crippen LogP contribution is 2.36. The zero-order valence-electron chi connectivity index (χ0n) is 12.4. The van der Waals surface area contributed by atoms with E-state index in [-0.39, 0.29) is 30.0 Å². The quantitative estimate of drug-likeness (QED) is 0.444. The van der Waals surface area contributed by atoms with E-state index in [2.05, 4.69) is 9.98 Å². The Balaban J connectivity index is 0.00000288. The van der Waals surface area contributed by atoms with Gasteiger partial charge in [-0.1, -0.05) is 23.8 Å². The van der Waals surface area contributed by atoms with Gasteiger partial charge in [0.05, 0.1) is 16.3 Å². The van der Waals surface area contributed by atoms with Gasteiger partial charge in [0.1, 0.15) is 0 Å². The number of nitrogens with two attached hydrogens (primary N) is 2. The molecule has 0 saturated heterocycles. The summed E-state index contributed by atoms with van der Waals surface area (Å²) in [5, 5.41) is -0.404. The molecule has 0 aliphatic carbocycles. The summed E-state index contributed by atoms with van der Waals surface area (Å²) < 4.78 is 38.4. The highest BCUT2D eigenvalue weighted by molar-refractivity contribution is 6.31. The first-order chi connectivity index (χ1) is 10.8. The lowest BCUT2D eigenvalue weighted by molar-refractivity contribution is -0.137. The van der Waals surface area contributed by atoms with Crippen molar-refractivity contribution in [3.05, 3.63) is 40.9 Å². The van der Waals surface area contributed by atoms with Gasteiger partial charge in [0.25, 0.3) is 0 Å². The Labute approximate surface area is 148 Å². The Kier molecular flexibility index (Phi) is 6.92. The molecule has 0 amide bonds. The lowest BCUT2D eigenvalue weighted by Crippen LogP contribution is -2.40. The summed E-state index contributed by atoms with van der Waals surface area (Å²) in [6.07, 6.45) is 0.223. The molecule has 0 spiro atoms. The summed E-state index contributed by atoms with van der Waals surface area (Å²) in [4.78, 5) is 9.53. The van der Waals surface area contributed by atoms with E-state index < -0.39 is 16.8 Å². The minimum absolute atomic E-state index is 0. The average molecular weight is 382 g/mol. The molecule has 24 heavy (non-hydrogen) atoms. The molecule has 1 aliphatic rings. The molecule has 0 unspecified atom stereocenters. The third-order valence-corrected chi connectivity index (χ3v) is 3.44. The van der Waals surface area contributed by atoms with Crippen molar-refractivity contribution < 1.29 is 13.2 Å². The van der Waals surface area contributed by atoms with Gasteiger partial charge in [-0.2, -0.15) is 18.2 Å². The van der Waals surface area contributed by atoms with Crippen molar-refractivity contribution in [2.75, 3.05) is 13.1 Å². The highest BCUT2D eigenvalue weighted by atomic mass is 35.5. The maximum absolute atomic E-state index is 12.8. The van der Waals surface area contributed by atoms with E-state index in [1.54, 1.807) is 4.90 Å². The molecule has 0 bridgehead atoms. The molecule has 0 atom stereocenters. The molecule has 0 fully saturated rings. The fraction of sp³-hybridized carbons (Fsp3) is 0.286. The Morgan fingerprint density at radius 3 is 2.50 bits per heavy atom. The third-order valence-electron chi connectivity index (χ3n) is 3.11. The van der Waals surface area contributed by atoms with Crippen molar-refractivity contribution in [1.29, 1.82) is 0 Å². The van der Waals surface area contributed by atoms with Crippen LogP contribution in [0, 0.1) is 0 Å². The van der Waals surface area contributed by atoms with Crippen LogP contribution < -0.4 is 11.5 Å². The number of rotatable bonds is 1. The van der Waals surface area contributed by atoms with Gasteiger partial charge in [0, 0.05) is 13.1 Å². The number of nitrogens with zero attached hydrogens (tertiary/aromatic N) is 3. The van der Waals surface area contributed by atoms with Crippen molar-refractivity contribution in [2.45, 2.75) is 12.6 Å². The summed E-state index contributed by atoms with van der Waals surface area (Å²) in [6, 6.07) is 3.24. The number of guanidine groups is 2. The first kappa shape index (κ1) is 20.1. The zero-order valence-corrected chi connectivity index (χ0v) is 14.0. The Morgan fingerprint density at radius 2 is 1.92 bits per heavy atom. The minimum Gasteiger partial charge on any atom is -0.369 e. The van der Waals surface area contributed by atoms with Crippen molar-refractivity contribution in [3.8, 4) is 0 Å². The van der Waals surface area contributed by atoms with Gasteiger partial charge in [-0.05, 0) is 24.6 Å². The summed E-state index contributed by atoms with van der Waals surface area (Å²) >= 11 is 5.54. The summed E-state index contributed by atoms with van der Waals surface area (Å²) in [5.41, 5.74) is 10.5. The van der Waals surface area contributed by atoms with Crippen molar-refractivity contribution >= 4 is 41.6 Å². The first-order valence-electron chi connectivity index (χ1n) is 6.72. The zero-order chi connectivity index (χ0) is 17.0. The van der Waals surface area contributed by atoms with Gasteiger partial charge in [-0.15, -0.1) is 12.4 Å². The largest absolute Gasteiger partial charge is 0.417 e.